The summed E-state index contributed by atoms with van der Waals surface area (Å²) in [6.07, 6.45) is 8.93. The number of rotatable bonds is 4. The van der Waals surface area contributed by atoms with Crippen LogP contribution in [0.5, 0.6) is 5.75 Å². The summed E-state index contributed by atoms with van der Waals surface area (Å²) in [6.45, 7) is 2.09. The lowest BCUT2D eigenvalue weighted by Gasteiger charge is -2.30. The summed E-state index contributed by atoms with van der Waals surface area (Å²) >= 11 is 0. The van der Waals surface area contributed by atoms with Crippen LogP contribution >= 0.6 is 0 Å². The maximum absolute atomic E-state index is 12.8. The minimum atomic E-state index is -0.127. The summed E-state index contributed by atoms with van der Waals surface area (Å²) in [5.74, 6) is 8.09. The number of benzene rings is 1. The fourth-order valence-corrected chi connectivity index (χ4v) is 4.80. The minimum Gasteiger partial charge on any atom is -0.489 e. The normalized spacial score (nSPS) is 19.1. The van der Waals surface area contributed by atoms with Gasteiger partial charge in [0.15, 0.2) is 0 Å². The van der Waals surface area contributed by atoms with E-state index in [1.807, 2.05) is 24.3 Å². The molecule has 1 saturated carbocycles. The Hall–Kier alpha value is -3.37. The quantitative estimate of drug-likeness (QED) is 0.595. The molecular formula is C27H31N5O2. The Kier molecular flexibility index (Phi) is 6.50. The molecule has 1 aromatic carbocycles. The molecule has 7 nitrogen and oxygen atoms in total. The van der Waals surface area contributed by atoms with E-state index in [9.17, 15) is 4.79 Å². The summed E-state index contributed by atoms with van der Waals surface area (Å²) in [5, 5.41) is 4.02. The second-order valence-electron chi connectivity index (χ2n) is 9.44. The van der Waals surface area contributed by atoms with Crippen molar-refractivity contribution in [2.75, 3.05) is 25.5 Å². The van der Waals surface area contributed by atoms with E-state index in [1.165, 1.54) is 12.8 Å². The monoisotopic (exact) mass is 457 g/mol. The highest BCUT2D eigenvalue weighted by Gasteiger charge is 2.18. The number of likely N-dealkylation sites (tertiary alicyclic amines) is 1. The lowest BCUT2D eigenvalue weighted by molar-refractivity contribution is 0.104. The van der Waals surface area contributed by atoms with Crippen molar-refractivity contribution < 1.29 is 4.74 Å². The first-order valence-electron chi connectivity index (χ1n) is 12.2. The molecular weight excluding hydrogens is 426 g/mol. The first-order valence-corrected chi connectivity index (χ1v) is 12.2. The molecule has 2 fully saturated rings. The van der Waals surface area contributed by atoms with Gasteiger partial charge in [0.05, 0.1) is 5.56 Å². The Labute approximate surface area is 200 Å². The van der Waals surface area contributed by atoms with Crippen LogP contribution in [0.1, 0.15) is 44.1 Å². The average molecular weight is 458 g/mol. The molecule has 0 radical (unpaired) electrons. The Balaban J connectivity index is 1.31. The van der Waals surface area contributed by atoms with Gasteiger partial charge >= 0.3 is 0 Å². The van der Waals surface area contributed by atoms with Gasteiger partial charge in [0.1, 0.15) is 17.5 Å². The van der Waals surface area contributed by atoms with Crippen LogP contribution in [0, 0.1) is 17.8 Å². The number of nitrogens with zero attached hydrogens (tertiary/aromatic N) is 4. The Bertz CT molecular complexity index is 1280. The van der Waals surface area contributed by atoms with Gasteiger partial charge in [-0.25, -0.2) is 4.98 Å². The molecule has 0 spiro atoms. The molecule has 3 aromatic rings. The van der Waals surface area contributed by atoms with Gasteiger partial charge in [0, 0.05) is 36.8 Å². The number of aryl methyl sites for hydroxylation is 1. The molecule has 0 bridgehead atoms. The highest BCUT2D eigenvalue weighted by Crippen LogP contribution is 2.24. The third-order valence-corrected chi connectivity index (χ3v) is 6.71. The maximum atomic E-state index is 12.8. The van der Waals surface area contributed by atoms with Crippen LogP contribution in [0.4, 0.5) is 11.6 Å². The fraction of sp³-hybridized carbons (Fsp3) is 0.444. The Morgan fingerprint density at radius 1 is 1.09 bits per heavy atom. The van der Waals surface area contributed by atoms with Gasteiger partial charge in [-0.3, -0.25) is 9.36 Å². The number of hydrogen-bond acceptors (Lipinski definition) is 6. The topological polar surface area (TPSA) is 72.3 Å². The van der Waals surface area contributed by atoms with Crippen LogP contribution in [0.2, 0.25) is 0 Å². The van der Waals surface area contributed by atoms with E-state index >= 15 is 0 Å². The van der Waals surface area contributed by atoms with Gasteiger partial charge in [0.2, 0.25) is 5.95 Å². The van der Waals surface area contributed by atoms with Crippen LogP contribution < -0.4 is 15.6 Å². The van der Waals surface area contributed by atoms with Gasteiger partial charge in [-0.15, -0.1) is 0 Å². The van der Waals surface area contributed by atoms with Gasteiger partial charge in [0.25, 0.3) is 5.56 Å². The van der Waals surface area contributed by atoms with Crippen molar-refractivity contribution >= 4 is 22.7 Å². The standard InChI is InChI=1S/C27H31N5O2/c1-31-15-5-8-24(18-31)34-23-13-11-22(12-14-23)29-27-28-17-21-16-20(10-9-19-6-3-4-7-19)26(33)32(2)25(21)30-27/h11-14,16-17,19,24H,3-8,15,18H2,1-2H3,(H,28,29,30). The number of hydrogen-bond donors (Lipinski definition) is 1. The number of pyridine rings is 1. The molecule has 5 rings (SSSR count). The first kappa shape index (κ1) is 22.4. The van der Waals surface area contributed by atoms with E-state index in [0.717, 1.165) is 55.6 Å². The zero-order valence-electron chi connectivity index (χ0n) is 19.9. The summed E-state index contributed by atoms with van der Waals surface area (Å²) in [5.41, 5.74) is 1.82. The second kappa shape index (κ2) is 9.86. The highest BCUT2D eigenvalue weighted by molar-refractivity contribution is 5.77. The van der Waals surface area contributed by atoms with Crippen LogP contribution in [-0.2, 0) is 7.05 Å². The second-order valence-corrected chi connectivity index (χ2v) is 9.44. The maximum Gasteiger partial charge on any atom is 0.267 e. The van der Waals surface area contributed by atoms with Gasteiger partial charge < -0.3 is 15.0 Å². The first-order chi connectivity index (χ1) is 16.5. The number of nitrogens with one attached hydrogen (secondary N) is 1. The molecule has 1 aliphatic heterocycles. The van der Waals surface area contributed by atoms with Crippen molar-refractivity contribution in [1.82, 2.24) is 19.4 Å². The average Bonchev–Trinajstić information content (AvgIpc) is 3.36. The minimum absolute atomic E-state index is 0.127. The molecule has 7 heteroatoms. The summed E-state index contributed by atoms with van der Waals surface area (Å²) in [7, 11) is 3.86. The van der Waals surface area contributed by atoms with Crippen LogP contribution in [0.25, 0.3) is 11.0 Å². The van der Waals surface area contributed by atoms with Crippen molar-refractivity contribution in [3.8, 4) is 17.6 Å². The molecule has 176 valence electrons. The van der Waals surface area contributed by atoms with Crippen molar-refractivity contribution in [1.29, 1.82) is 0 Å². The molecule has 2 aromatic heterocycles. The fourth-order valence-electron chi connectivity index (χ4n) is 4.80. The summed E-state index contributed by atoms with van der Waals surface area (Å²) in [6, 6.07) is 9.64. The lowest BCUT2D eigenvalue weighted by atomic mass is 10.1. The number of aromatic nitrogens is 3. The smallest absolute Gasteiger partial charge is 0.267 e. The summed E-state index contributed by atoms with van der Waals surface area (Å²) < 4.78 is 7.69. The van der Waals surface area contributed by atoms with E-state index in [1.54, 1.807) is 23.9 Å². The zero-order valence-corrected chi connectivity index (χ0v) is 19.9. The van der Waals surface area contributed by atoms with E-state index in [4.69, 9.17) is 4.74 Å². The van der Waals surface area contributed by atoms with Crippen molar-refractivity contribution in [3.63, 3.8) is 0 Å². The third kappa shape index (κ3) is 5.07. The van der Waals surface area contributed by atoms with Crippen molar-refractivity contribution in [2.24, 2.45) is 13.0 Å². The number of ether oxygens (including phenoxy) is 1. The largest absolute Gasteiger partial charge is 0.489 e. The van der Waals surface area contributed by atoms with Crippen LogP contribution in [0.15, 0.2) is 41.3 Å². The SMILES string of the molecule is CN1CCCC(Oc2ccc(Nc3ncc4cc(C#CC5CCCC5)c(=O)n(C)c4n3)cc2)C1. The zero-order chi connectivity index (χ0) is 23.5. The number of fused-ring (bicyclic) bond motifs is 1. The summed E-state index contributed by atoms with van der Waals surface area (Å²) in [4.78, 5) is 24.2. The van der Waals surface area contributed by atoms with Crippen LogP contribution in [-0.4, -0.2) is 45.7 Å². The molecule has 1 unspecified atom stereocenters. The van der Waals surface area contributed by atoms with Crippen molar-refractivity contribution in [2.45, 2.75) is 44.6 Å². The highest BCUT2D eigenvalue weighted by atomic mass is 16.5. The number of likely N-dealkylation sites (N-methyl/N-ethyl adjacent to an activating group) is 1. The third-order valence-electron chi connectivity index (χ3n) is 6.71. The molecule has 2 aliphatic rings. The predicted octanol–water partition coefficient (Wildman–Crippen LogP) is 4.09. The molecule has 1 saturated heterocycles. The van der Waals surface area contributed by atoms with Crippen molar-refractivity contribution in [3.05, 3.63) is 52.4 Å². The van der Waals surface area contributed by atoms with Gasteiger partial charge in [-0.1, -0.05) is 24.7 Å². The van der Waals surface area contributed by atoms with Gasteiger partial charge in [-0.2, -0.15) is 4.98 Å². The Morgan fingerprint density at radius 3 is 2.65 bits per heavy atom. The molecule has 1 aliphatic carbocycles. The molecule has 1 N–H and O–H groups in total. The van der Waals surface area contributed by atoms with E-state index in [2.05, 4.69) is 39.1 Å². The Morgan fingerprint density at radius 2 is 1.88 bits per heavy atom. The van der Waals surface area contributed by atoms with E-state index in [0.29, 0.717) is 23.1 Å². The van der Waals surface area contributed by atoms with E-state index < -0.39 is 0 Å². The number of piperidine rings is 1. The molecule has 0 amide bonds. The van der Waals surface area contributed by atoms with E-state index in [-0.39, 0.29) is 11.7 Å². The van der Waals surface area contributed by atoms with Gasteiger partial charge in [-0.05, 0) is 69.6 Å². The predicted molar refractivity (Wildman–Crippen MR) is 134 cm³/mol. The number of anilines is 2. The lowest BCUT2D eigenvalue weighted by Crippen LogP contribution is -2.38. The molecule has 34 heavy (non-hydrogen) atoms. The molecule has 3 heterocycles. The molecule has 1 atom stereocenters. The van der Waals surface area contributed by atoms with Crippen LogP contribution in [0.3, 0.4) is 0 Å².